The number of hydrogen-bond donors (Lipinski definition) is 0. The largest absolute Gasteiger partial charge is 0.245 e. The first-order valence-electron chi connectivity index (χ1n) is 4.62. The maximum atomic E-state index is 12.6. The van der Waals surface area contributed by atoms with Crippen LogP contribution in [0.5, 0.6) is 0 Å². The van der Waals surface area contributed by atoms with E-state index in [1.807, 2.05) is 0 Å². The second-order valence-electron chi connectivity index (χ2n) is 3.21. The number of halogens is 2. The van der Waals surface area contributed by atoms with E-state index >= 15 is 0 Å². The van der Waals surface area contributed by atoms with Crippen LogP contribution in [0.15, 0.2) is 28.1 Å². The summed E-state index contributed by atoms with van der Waals surface area (Å²) < 4.78 is 27.5. The van der Waals surface area contributed by atoms with E-state index < -0.39 is 13.3 Å². The molecule has 6 heteroatoms. The predicted octanol–water partition coefficient (Wildman–Crippen LogP) is 5.48. The van der Waals surface area contributed by atoms with Crippen molar-refractivity contribution >= 4 is 47.0 Å². The first-order chi connectivity index (χ1) is 7.65. The smallest absolute Gasteiger partial charge is 0.122 e. The van der Waals surface area contributed by atoms with E-state index in [4.69, 9.17) is 0 Å². The van der Waals surface area contributed by atoms with Gasteiger partial charge in [0.05, 0.1) is 8.47 Å². The van der Waals surface area contributed by atoms with Gasteiger partial charge in [0.1, 0.15) is 13.3 Å². The first kappa shape index (κ1) is 12.9. The summed E-state index contributed by atoms with van der Waals surface area (Å²) in [6.45, 7) is 3.03. The van der Waals surface area contributed by atoms with E-state index in [-0.39, 0.29) is 0 Å². The van der Waals surface area contributed by atoms with Gasteiger partial charge in [-0.3, -0.25) is 0 Å². The monoisotopic (exact) mass is 296 g/mol. The van der Waals surface area contributed by atoms with Gasteiger partial charge < -0.3 is 0 Å². The zero-order chi connectivity index (χ0) is 11.7. The quantitative estimate of drug-likeness (QED) is 0.662. The SMILES string of the molecule is CC1=C(C)SC(=C2SC(CF)=C(CF)S2)S1. The topological polar surface area (TPSA) is 0 Å². The number of thioether (sulfide) groups is 4. The molecule has 0 aromatic heterocycles. The van der Waals surface area contributed by atoms with Gasteiger partial charge in [-0.25, -0.2) is 8.78 Å². The van der Waals surface area contributed by atoms with Gasteiger partial charge in [0.2, 0.25) is 0 Å². The fourth-order valence-corrected chi connectivity index (χ4v) is 6.43. The molecule has 0 atom stereocenters. The van der Waals surface area contributed by atoms with E-state index in [2.05, 4.69) is 13.8 Å². The molecular formula is C10H10F2S4. The van der Waals surface area contributed by atoms with Crippen molar-refractivity contribution in [3.63, 3.8) is 0 Å². The van der Waals surface area contributed by atoms with Crippen molar-refractivity contribution in [2.75, 3.05) is 13.3 Å². The van der Waals surface area contributed by atoms with Crippen LogP contribution in [0.4, 0.5) is 8.78 Å². The average molecular weight is 296 g/mol. The molecule has 0 nitrogen and oxygen atoms in total. The third kappa shape index (κ3) is 2.49. The summed E-state index contributed by atoms with van der Waals surface area (Å²) in [5.74, 6) is 0. The Morgan fingerprint density at radius 2 is 1.12 bits per heavy atom. The molecule has 0 aromatic carbocycles. The van der Waals surface area contributed by atoms with E-state index in [1.54, 1.807) is 23.5 Å². The highest BCUT2D eigenvalue weighted by atomic mass is 32.2. The van der Waals surface area contributed by atoms with Gasteiger partial charge in [0.15, 0.2) is 0 Å². The second-order valence-corrected chi connectivity index (χ2v) is 8.39. The van der Waals surface area contributed by atoms with E-state index in [9.17, 15) is 8.78 Å². The van der Waals surface area contributed by atoms with Crippen LogP contribution in [0, 0.1) is 0 Å². The van der Waals surface area contributed by atoms with Crippen molar-refractivity contribution in [1.29, 1.82) is 0 Å². The molecule has 0 aromatic rings. The Hall–Kier alpha value is 0.480. The van der Waals surface area contributed by atoms with Crippen LogP contribution >= 0.6 is 47.0 Å². The lowest BCUT2D eigenvalue weighted by molar-refractivity contribution is 0.536. The van der Waals surface area contributed by atoms with Crippen molar-refractivity contribution in [3.8, 4) is 0 Å². The molecule has 0 amide bonds. The normalized spacial score (nSPS) is 21.8. The molecule has 0 N–H and O–H groups in total. The van der Waals surface area contributed by atoms with Gasteiger partial charge in [-0.05, 0) is 23.7 Å². The zero-order valence-electron chi connectivity index (χ0n) is 8.80. The van der Waals surface area contributed by atoms with Crippen LogP contribution in [0.3, 0.4) is 0 Å². The van der Waals surface area contributed by atoms with Crippen LogP contribution in [-0.4, -0.2) is 13.3 Å². The van der Waals surface area contributed by atoms with Crippen LogP contribution in [0.2, 0.25) is 0 Å². The highest BCUT2D eigenvalue weighted by molar-refractivity contribution is 8.34. The Balaban J connectivity index is 2.15. The molecule has 88 valence electrons. The number of rotatable bonds is 2. The maximum absolute atomic E-state index is 12.6. The molecule has 0 spiro atoms. The van der Waals surface area contributed by atoms with E-state index in [0.29, 0.717) is 9.81 Å². The molecule has 2 heterocycles. The lowest BCUT2D eigenvalue weighted by Gasteiger charge is -2.01. The van der Waals surface area contributed by atoms with E-state index in [0.717, 1.165) is 4.24 Å². The first-order valence-corrected chi connectivity index (χ1v) is 7.89. The summed E-state index contributed by atoms with van der Waals surface area (Å²) in [6, 6.07) is 0. The third-order valence-electron chi connectivity index (χ3n) is 2.14. The molecule has 0 aliphatic carbocycles. The minimum Gasteiger partial charge on any atom is -0.245 e. The van der Waals surface area contributed by atoms with Crippen molar-refractivity contribution < 1.29 is 8.78 Å². The molecule has 0 unspecified atom stereocenters. The Morgan fingerprint density at radius 3 is 1.50 bits per heavy atom. The molecule has 0 bridgehead atoms. The van der Waals surface area contributed by atoms with Gasteiger partial charge in [-0.15, -0.1) is 0 Å². The Bertz CT molecular complexity index is 375. The summed E-state index contributed by atoms with van der Waals surface area (Å²) in [7, 11) is 0. The number of alkyl halides is 2. The zero-order valence-corrected chi connectivity index (χ0v) is 12.1. The fraction of sp³-hybridized carbons (Fsp3) is 0.400. The standard InChI is InChI=1S/C10H10F2S4/c1-5-6(2)14-9(13-5)10-15-7(3-11)8(4-12)16-10/h3-4H2,1-2H3. The second kappa shape index (κ2) is 5.42. The average Bonchev–Trinajstić information content (AvgIpc) is 2.83. The van der Waals surface area contributed by atoms with Crippen LogP contribution < -0.4 is 0 Å². The molecule has 0 saturated carbocycles. The van der Waals surface area contributed by atoms with Crippen LogP contribution in [-0.2, 0) is 0 Å². The van der Waals surface area contributed by atoms with Crippen molar-refractivity contribution in [2.24, 2.45) is 0 Å². The molecule has 2 aliphatic rings. The summed E-state index contributed by atoms with van der Waals surface area (Å²) in [4.78, 5) is 3.64. The lowest BCUT2D eigenvalue weighted by atomic mass is 10.5. The molecule has 0 radical (unpaired) electrons. The molecule has 2 rings (SSSR count). The Morgan fingerprint density at radius 1 is 0.750 bits per heavy atom. The van der Waals surface area contributed by atoms with Crippen molar-refractivity contribution in [1.82, 2.24) is 0 Å². The lowest BCUT2D eigenvalue weighted by Crippen LogP contribution is -1.81. The molecule has 2 aliphatic heterocycles. The van der Waals surface area contributed by atoms with Gasteiger partial charge >= 0.3 is 0 Å². The predicted molar refractivity (Wildman–Crippen MR) is 74.7 cm³/mol. The fourth-order valence-electron chi connectivity index (χ4n) is 1.17. The summed E-state index contributed by atoms with van der Waals surface area (Å²) in [5.41, 5.74) is 0. The van der Waals surface area contributed by atoms with Crippen molar-refractivity contribution in [3.05, 3.63) is 28.1 Å². The Labute approximate surface area is 111 Å². The molecule has 16 heavy (non-hydrogen) atoms. The van der Waals surface area contributed by atoms with E-state index in [1.165, 1.54) is 37.6 Å². The highest BCUT2D eigenvalue weighted by Crippen LogP contribution is 2.59. The Kier molecular flexibility index (Phi) is 4.38. The third-order valence-corrected chi connectivity index (χ3v) is 7.90. The molecule has 0 saturated heterocycles. The molecule has 0 fully saturated rings. The van der Waals surface area contributed by atoms with Gasteiger partial charge in [0, 0.05) is 9.81 Å². The number of hydrogen-bond acceptors (Lipinski definition) is 4. The minimum absolute atomic E-state index is 0.540. The van der Waals surface area contributed by atoms with Crippen molar-refractivity contribution in [2.45, 2.75) is 13.8 Å². The summed E-state index contributed by atoms with van der Waals surface area (Å²) in [6.07, 6.45) is 0. The van der Waals surface area contributed by atoms with Crippen LogP contribution in [0.25, 0.3) is 0 Å². The van der Waals surface area contributed by atoms with Crippen LogP contribution in [0.1, 0.15) is 13.8 Å². The van der Waals surface area contributed by atoms with Gasteiger partial charge in [-0.2, -0.15) is 0 Å². The maximum Gasteiger partial charge on any atom is 0.122 e. The molecular weight excluding hydrogens is 286 g/mol. The number of allylic oxidation sites excluding steroid dienone is 4. The summed E-state index contributed by atoms with van der Waals surface area (Å²) >= 11 is 6.18. The minimum atomic E-state index is -0.561. The summed E-state index contributed by atoms with van der Waals surface area (Å²) in [5, 5.41) is 0. The van der Waals surface area contributed by atoms with Gasteiger partial charge in [-0.1, -0.05) is 47.0 Å². The van der Waals surface area contributed by atoms with Gasteiger partial charge in [0.25, 0.3) is 0 Å². The highest BCUT2D eigenvalue weighted by Gasteiger charge is 2.27.